The van der Waals surface area contributed by atoms with Crippen molar-refractivity contribution in [2.75, 3.05) is 18.0 Å². The SMILES string of the molecule is O=C(c1ccncc1)N1CCCCCCCNCc2cc(C(=O)N3C4CCC3CC(O)C4)ccc21. The number of amides is 2. The van der Waals surface area contributed by atoms with Gasteiger partial charge in [-0.25, -0.2) is 0 Å². The van der Waals surface area contributed by atoms with E-state index >= 15 is 0 Å². The summed E-state index contributed by atoms with van der Waals surface area (Å²) in [6, 6.07) is 9.58. The fourth-order valence-electron chi connectivity index (χ4n) is 6.01. The van der Waals surface area contributed by atoms with E-state index in [-0.39, 0.29) is 30.0 Å². The van der Waals surface area contributed by atoms with E-state index in [4.69, 9.17) is 0 Å². The van der Waals surface area contributed by atoms with E-state index < -0.39 is 0 Å². The fourth-order valence-corrected chi connectivity index (χ4v) is 6.01. The van der Waals surface area contributed by atoms with Crippen molar-refractivity contribution < 1.29 is 14.7 Å². The number of aliphatic hydroxyl groups is 1. The van der Waals surface area contributed by atoms with Gasteiger partial charge in [0.25, 0.3) is 11.8 Å². The molecule has 186 valence electrons. The molecule has 0 saturated carbocycles. The maximum Gasteiger partial charge on any atom is 0.258 e. The van der Waals surface area contributed by atoms with Crippen LogP contribution in [-0.2, 0) is 6.54 Å². The molecule has 7 heteroatoms. The van der Waals surface area contributed by atoms with Gasteiger partial charge in [-0.15, -0.1) is 0 Å². The van der Waals surface area contributed by atoms with E-state index in [0.717, 1.165) is 49.9 Å². The summed E-state index contributed by atoms with van der Waals surface area (Å²) in [5.41, 5.74) is 3.13. The standard InChI is InChI=1S/C28H36N4O3/c33-25-17-23-7-8-24(18-25)32(23)28(35)21-6-9-26-22(16-21)19-30-12-4-2-1-3-5-15-31(26)27(34)20-10-13-29-14-11-20/h6,9-11,13-14,16,23-25,30,33H,1-5,7-8,12,15,17-19H2. The van der Waals surface area contributed by atoms with Gasteiger partial charge < -0.3 is 20.2 Å². The van der Waals surface area contributed by atoms with Gasteiger partial charge in [-0.1, -0.05) is 19.3 Å². The van der Waals surface area contributed by atoms with Crippen LogP contribution in [0.3, 0.4) is 0 Å². The summed E-state index contributed by atoms with van der Waals surface area (Å²) in [5.74, 6) is 0.0122. The predicted molar refractivity (Wildman–Crippen MR) is 135 cm³/mol. The zero-order chi connectivity index (χ0) is 24.2. The van der Waals surface area contributed by atoms with Crippen molar-refractivity contribution in [2.45, 2.75) is 82.5 Å². The molecule has 3 aliphatic rings. The Balaban J connectivity index is 1.47. The maximum absolute atomic E-state index is 13.6. The van der Waals surface area contributed by atoms with Gasteiger partial charge in [-0.2, -0.15) is 0 Å². The number of nitrogens with zero attached hydrogens (tertiary/aromatic N) is 3. The minimum atomic E-state index is -0.301. The highest BCUT2D eigenvalue weighted by molar-refractivity contribution is 6.06. The molecular formula is C28H36N4O3. The maximum atomic E-state index is 13.6. The number of hydrogen-bond donors (Lipinski definition) is 2. The first-order chi connectivity index (χ1) is 17.1. The zero-order valence-corrected chi connectivity index (χ0v) is 20.4. The van der Waals surface area contributed by atoms with Crippen molar-refractivity contribution in [1.29, 1.82) is 0 Å². The Bertz CT molecular complexity index is 1030. The number of pyridine rings is 1. The number of anilines is 1. The minimum absolute atomic E-state index is 0.0344. The molecule has 0 radical (unpaired) electrons. The highest BCUT2D eigenvalue weighted by Gasteiger charge is 2.43. The van der Waals surface area contributed by atoms with Crippen LogP contribution in [0.25, 0.3) is 0 Å². The average molecular weight is 477 g/mol. The van der Waals surface area contributed by atoms with E-state index in [2.05, 4.69) is 10.3 Å². The van der Waals surface area contributed by atoms with Gasteiger partial charge in [0.15, 0.2) is 0 Å². The molecule has 1 aromatic heterocycles. The van der Waals surface area contributed by atoms with E-state index in [0.29, 0.717) is 37.1 Å². The summed E-state index contributed by atoms with van der Waals surface area (Å²) in [6.07, 6.45) is 11.8. The molecule has 2 amide bonds. The number of carbonyl (C=O) groups is 2. The Morgan fingerprint density at radius 1 is 0.886 bits per heavy atom. The minimum Gasteiger partial charge on any atom is -0.393 e. The summed E-state index contributed by atoms with van der Waals surface area (Å²) in [6.45, 7) is 2.18. The molecule has 1 aromatic carbocycles. The molecule has 4 heterocycles. The van der Waals surface area contributed by atoms with Gasteiger partial charge in [0, 0.05) is 54.4 Å². The Hall–Kier alpha value is -2.77. The number of piperidine rings is 1. The summed E-state index contributed by atoms with van der Waals surface area (Å²) < 4.78 is 0. The average Bonchev–Trinajstić information content (AvgIpc) is 3.14. The molecule has 2 unspecified atom stereocenters. The Morgan fingerprint density at radius 2 is 1.60 bits per heavy atom. The third-order valence-corrected chi connectivity index (χ3v) is 7.78. The van der Waals surface area contributed by atoms with E-state index in [1.807, 2.05) is 28.0 Å². The van der Waals surface area contributed by atoms with Crippen LogP contribution in [0.1, 0.15) is 84.1 Å². The Labute approximate surface area is 207 Å². The molecule has 2 fully saturated rings. The molecule has 0 spiro atoms. The smallest absolute Gasteiger partial charge is 0.258 e. The Morgan fingerprint density at radius 3 is 2.37 bits per heavy atom. The van der Waals surface area contributed by atoms with Gasteiger partial charge >= 0.3 is 0 Å². The highest BCUT2D eigenvalue weighted by Crippen LogP contribution is 2.37. The molecular weight excluding hydrogens is 440 g/mol. The molecule has 2 atom stereocenters. The lowest BCUT2D eigenvalue weighted by Crippen LogP contribution is -2.48. The fraction of sp³-hybridized carbons (Fsp3) is 0.536. The van der Waals surface area contributed by atoms with Crippen LogP contribution in [-0.4, -0.2) is 58.1 Å². The number of carbonyl (C=O) groups excluding carboxylic acids is 2. The van der Waals surface area contributed by atoms with E-state index in [1.165, 1.54) is 12.8 Å². The van der Waals surface area contributed by atoms with Gasteiger partial charge in [0.05, 0.1) is 6.10 Å². The van der Waals surface area contributed by atoms with Gasteiger partial charge in [0.2, 0.25) is 0 Å². The molecule has 3 aliphatic heterocycles. The molecule has 2 N–H and O–H groups in total. The lowest BCUT2D eigenvalue weighted by Gasteiger charge is -2.37. The van der Waals surface area contributed by atoms with Crippen molar-refractivity contribution in [3.63, 3.8) is 0 Å². The summed E-state index contributed by atoms with van der Waals surface area (Å²) >= 11 is 0. The molecule has 7 nitrogen and oxygen atoms in total. The third kappa shape index (κ3) is 5.26. The quantitative estimate of drug-likeness (QED) is 0.687. The predicted octanol–water partition coefficient (Wildman–Crippen LogP) is 3.91. The van der Waals surface area contributed by atoms with Gasteiger partial charge in [-0.3, -0.25) is 14.6 Å². The second-order valence-electron chi connectivity index (χ2n) is 10.2. The number of fused-ring (bicyclic) bond motifs is 3. The van der Waals surface area contributed by atoms with Gasteiger partial charge in [0.1, 0.15) is 0 Å². The zero-order valence-electron chi connectivity index (χ0n) is 20.4. The van der Waals surface area contributed by atoms with Crippen molar-refractivity contribution in [3.05, 3.63) is 59.4 Å². The van der Waals surface area contributed by atoms with Crippen LogP contribution in [0.5, 0.6) is 0 Å². The van der Waals surface area contributed by atoms with Gasteiger partial charge in [-0.05, 0) is 81.0 Å². The normalized spacial score (nSPS) is 25.3. The van der Waals surface area contributed by atoms with Crippen LogP contribution in [0, 0.1) is 0 Å². The number of benzene rings is 1. The number of aliphatic hydroxyl groups excluding tert-OH is 1. The first-order valence-corrected chi connectivity index (χ1v) is 13.2. The molecule has 5 rings (SSSR count). The first kappa shape index (κ1) is 23.9. The second kappa shape index (κ2) is 10.9. The third-order valence-electron chi connectivity index (χ3n) is 7.78. The topological polar surface area (TPSA) is 85.8 Å². The van der Waals surface area contributed by atoms with Crippen LogP contribution in [0.4, 0.5) is 5.69 Å². The molecule has 2 aromatic rings. The molecule has 2 saturated heterocycles. The summed E-state index contributed by atoms with van der Waals surface area (Å²) in [7, 11) is 0. The Kier molecular flexibility index (Phi) is 7.44. The number of hydrogen-bond acceptors (Lipinski definition) is 5. The molecule has 35 heavy (non-hydrogen) atoms. The van der Waals surface area contributed by atoms with E-state index in [1.54, 1.807) is 24.5 Å². The van der Waals surface area contributed by atoms with Crippen molar-refractivity contribution in [2.24, 2.45) is 0 Å². The number of rotatable bonds is 2. The highest BCUT2D eigenvalue weighted by atomic mass is 16.3. The molecule has 0 aliphatic carbocycles. The lowest BCUT2D eigenvalue weighted by atomic mass is 9.97. The van der Waals surface area contributed by atoms with Crippen LogP contribution in [0.15, 0.2) is 42.7 Å². The first-order valence-electron chi connectivity index (χ1n) is 13.2. The van der Waals surface area contributed by atoms with Crippen LogP contribution in [0.2, 0.25) is 0 Å². The summed E-state index contributed by atoms with van der Waals surface area (Å²) in [4.78, 5) is 35.1. The molecule has 2 bridgehead atoms. The lowest BCUT2D eigenvalue weighted by molar-refractivity contribution is 0.0286. The monoisotopic (exact) mass is 476 g/mol. The summed E-state index contributed by atoms with van der Waals surface area (Å²) in [5, 5.41) is 13.7. The van der Waals surface area contributed by atoms with E-state index in [9.17, 15) is 14.7 Å². The number of aromatic nitrogens is 1. The second-order valence-corrected chi connectivity index (χ2v) is 10.2. The van der Waals surface area contributed by atoms with Crippen LogP contribution >= 0.6 is 0 Å². The van der Waals surface area contributed by atoms with Crippen LogP contribution < -0.4 is 10.2 Å². The van der Waals surface area contributed by atoms with Crippen molar-refractivity contribution in [1.82, 2.24) is 15.2 Å². The number of nitrogens with one attached hydrogen (secondary N) is 1. The van der Waals surface area contributed by atoms with Crippen molar-refractivity contribution in [3.8, 4) is 0 Å². The largest absolute Gasteiger partial charge is 0.393 e. The van der Waals surface area contributed by atoms with Crippen molar-refractivity contribution >= 4 is 17.5 Å².